The van der Waals surface area contributed by atoms with Crippen LogP contribution in [0.5, 0.6) is 17.2 Å². The van der Waals surface area contributed by atoms with Gasteiger partial charge in [-0.15, -0.1) is 10.2 Å². The quantitative estimate of drug-likeness (QED) is 0.404. The van der Waals surface area contributed by atoms with E-state index in [0.717, 1.165) is 16.9 Å². The summed E-state index contributed by atoms with van der Waals surface area (Å²) in [6.45, 7) is 0. The van der Waals surface area contributed by atoms with Gasteiger partial charge >= 0.3 is 0 Å². The van der Waals surface area contributed by atoms with Crippen LogP contribution in [-0.2, 0) is 5.75 Å². The maximum absolute atomic E-state index is 5.92. The smallest absolute Gasteiger partial charge is 0.212 e. The zero-order valence-electron chi connectivity index (χ0n) is 15.6. The first-order valence-corrected chi connectivity index (χ1v) is 9.62. The lowest BCUT2D eigenvalue weighted by Gasteiger charge is -2.12. The van der Waals surface area contributed by atoms with Crippen molar-refractivity contribution in [1.29, 1.82) is 0 Å². The number of hydrogen-bond acceptors (Lipinski definition) is 7. The lowest BCUT2D eigenvalue weighted by molar-refractivity contribution is 0.324. The molecule has 1 aromatic heterocycles. The number of thioether (sulfide) groups is 1. The monoisotopic (exact) mass is 418 g/mol. The zero-order valence-corrected chi connectivity index (χ0v) is 17.2. The molecule has 0 fully saturated rings. The number of aromatic nitrogens is 3. The Morgan fingerprint density at radius 2 is 1.75 bits per heavy atom. The highest BCUT2D eigenvalue weighted by molar-refractivity contribution is 7.98. The summed E-state index contributed by atoms with van der Waals surface area (Å²) in [5.41, 5.74) is 1.93. The SMILES string of the molecule is COc1cc(/C=N\n2cnnc2SCc2ccc(Cl)cc2)cc(OC)c1OC. The summed E-state index contributed by atoms with van der Waals surface area (Å²) < 4.78 is 17.7. The predicted molar refractivity (Wildman–Crippen MR) is 110 cm³/mol. The summed E-state index contributed by atoms with van der Waals surface area (Å²) in [4.78, 5) is 0. The molecule has 0 bridgehead atoms. The van der Waals surface area contributed by atoms with Crippen molar-refractivity contribution in [2.45, 2.75) is 10.9 Å². The number of benzene rings is 2. The Morgan fingerprint density at radius 1 is 1.07 bits per heavy atom. The summed E-state index contributed by atoms with van der Waals surface area (Å²) in [5, 5.41) is 13.9. The maximum atomic E-state index is 5.92. The van der Waals surface area contributed by atoms with Crippen molar-refractivity contribution in [1.82, 2.24) is 14.9 Å². The Balaban J connectivity index is 1.76. The van der Waals surface area contributed by atoms with Gasteiger partial charge in [0.25, 0.3) is 0 Å². The van der Waals surface area contributed by atoms with Crippen LogP contribution in [0.2, 0.25) is 5.02 Å². The predicted octanol–water partition coefficient (Wildman–Crippen LogP) is 4.13. The third-order valence-electron chi connectivity index (χ3n) is 3.80. The normalized spacial score (nSPS) is 11.0. The van der Waals surface area contributed by atoms with E-state index in [1.807, 2.05) is 36.4 Å². The van der Waals surface area contributed by atoms with Crippen molar-refractivity contribution >= 4 is 29.6 Å². The topological polar surface area (TPSA) is 70.8 Å². The molecule has 0 radical (unpaired) electrons. The van der Waals surface area contributed by atoms with Crippen LogP contribution >= 0.6 is 23.4 Å². The van der Waals surface area contributed by atoms with E-state index in [9.17, 15) is 0 Å². The van der Waals surface area contributed by atoms with E-state index < -0.39 is 0 Å². The van der Waals surface area contributed by atoms with Crippen molar-refractivity contribution in [2.75, 3.05) is 21.3 Å². The first-order chi connectivity index (χ1) is 13.6. The van der Waals surface area contributed by atoms with E-state index in [1.165, 1.54) is 11.8 Å². The standard InChI is InChI=1S/C19H19ClN4O3S/c1-25-16-8-14(9-17(26-2)18(16)27-3)10-22-24-12-21-23-19(24)28-11-13-4-6-15(20)7-5-13/h4-10,12H,11H2,1-3H3/b22-10-. The highest BCUT2D eigenvalue weighted by Crippen LogP contribution is 2.37. The fourth-order valence-corrected chi connectivity index (χ4v) is 3.37. The minimum atomic E-state index is 0.533. The van der Waals surface area contributed by atoms with Gasteiger partial charge in [0.2, 0.25) is 10.9 Å². The van der Waals surface area contributed by atoms with Gasteiger partial charge in [-0.25, -0.2) is 0 Å². The van der Waals surface area contributed by atoms with Crippen LogP contribution < -0.4 is 14.2 Å². The fraction of sp³-hybridized carbons (Fsp3) is 0.211. The van der Waals surface area contributed by atoms with Gasteiger partial charge in [0.1, 0.15) is 6.33 Å². The van der Waals surface area contributed by atoms with Gasteiger partial charge in [-0.1, -0.05) is 35.5 Å². The van der Waals surface area contributed by atoms with Crippen LogP contribution in [0.4, 0.5) is 0 Å². The van der Waals surface area contributed by atoms with Crippen molar-refractivity contribution in [2.24, 2.45) is 5.10 Å². The van der Waals surface area contributed by atoms with Crippen molar-refractivity contribution in [3.63, 3.8) is 0 Å². The molecule has 0 saturated heterocycles. The molecule has 0 aliphatic rings. The van der Waals surface area contributed by atoms with Gasteiger partial charge in [-0.05, 0) is 29.8 Å². The molecule has 0 N–H and O–H groups in total. The summed E-state index contributed by atoms with van der Waals surface area (Å²) in [6, 6.07) is 11.3. The minimum absolute atomic E-state index is 0.533. The average Bonchev–Trinajstić information content (AvgIpc) is 3.18. The summed E-state index contributed by atoms with van der Waals surface area (Å²) >= 11 is 7.45. The fourth-order valence-electron chi connectivity index (χ4n) is 2.43. The third kappa shape index (κ3) is 4.76. The van der Waals surface area contributed by atoms with Crippen LogP contribution in [0, 0.1) is 0 Å². The molecular formula is C19H19ClN4O3S. The number of ether oxygens (including phenoxy) is 3. The molecule has 0 aliphatic carbocycles. The Labute approximate surface area is 172 Å². The average molecular weight is 419 g/mol. The molecule has 0 unspecified atom stereocenters. The lowest BCUT2D eigenvalue weighted by atomic mass is 10.2. The second-order valence-electron chi connectivity index (χ2n) is 5.58. The highest BCUT2D eigenvalue weighted by atomic mass is 35.5. The summed E-state index contributed by atoms with van der Waals surface area (Å²) in [6.07, 6.45) is 3.23. The van der Waals surface area contributed by atoms with E-state index in [4.69, 9.17) is 25.8 Å². The molecule has 0 atom stereocenters. The zero-order chi connectivity index (χ0) is 19.9. The van der Waals surface area contributed by atoms with Gasteiger partial charge in [-0.3, -0.25) is 0 Å². The highest BCUT2D eigenvalue weighted by Gasteiger charge is 2.12. The van der Waals surface area contributed by atoms with E-state index in [0.29, 0.717) is 27.4 Å². The third-order valence-corrected chi connectivity index (χ3v) is 5.06. The second kappa shape index (κ2) is 9.48. The molecule has 1 heterocycles. The molecule has 9 heteroatoms. The first kappa shape index (κ1) is 20.0. The largest absolute Gasteiger partial charge is 0.493 e. The number of halogens is 1. The van der Waals surface area contributed by atoms with E-state index in [1.54, 1.807) is 38.5 Å². The molecule has 3 rings (SSSR count). The molecule has 0 saturated carbocycles. The molecule has 0 aliphatic heterocycles. The number of methoxy groups -OCH3 is 3. The van der Waals surface area contributed by atoms with Crippen molar-refractivity contribution in [3.8, 4) is 17.2 Å². The molecule has 7 nitrogen and oxygen atoms in total. The second-order valence-corrected chi connectivity index (χ2v) is 6.96. The Kier molecular flexibility index (Phi) is 6.78. The van der Waals surface area contributed by atoms with Crippen LogP contribution in [0.15, 0.2) is 53.0 Å². The Morgan fingerprint density at radius 3 is 2.36 bits per heavy atom. The molecular weight excluding hydrogens is 400 g/mol. The van der Waals surface area contributed by atoms with Crippen LogP contribution in [0.1, 0.15) is 11.1 Å². The van der Waals surface area contributed by atoms with Crippen LogP contribution in [0.3, 0.4) is 0 Å². The summed E-state index contributed by atoms with van der Waals surface area (Å²) in [7, 11) is 4.71. The van der Waals surface area contributed by atoms with Gasteiger partial charge in [0.15, 0.2) is 11.5 Å². The van der Waals surface area contributed by atoms with Gasteiger partial charge in [0, 0.05) is 16.3 Å². The van der Waals surface area contributed by atoms with Gasteiger partial charge in [0.05, 0.1) is 27.5 Å². The first-order valence-electron chi connectivity index (χ1n) is 8.26. The van der Waals surface area contributed by atoms with E-state index in [-0.39, 0.29) is 0 Å². The van der Waals surface area contributed by atoms with Crippen LogP contribution in [-0.4, -0.2) is 42.4 Å². The molecule has 0 amide bonds. The molecule has 146 valence electrons. The maximum Gasteiger partial charge on any atom is 0.212 e. The van der Waals surface area contributed by atoms with E-state index in [2.05, 4.69) is 15.3 Å². The van der Waals surface area contributed by atoms with Gasteiger partial charge < -0.3 is 14.2 Å². The molecule has 2 aromatic carbocycles. The number of rotatable bonds is 8. The Bertz CT molecular complexity index is 935. The van der Waals surface area contributed by atoms with Crippen LogP contribution in [0.25, 0.3) is 0 Å². The van der Waals surface area contributed by atoms with E-state index >= 15 is 0 Å². The summed E-state index contributed by atoms with van der Waals surface area (Å²) in [5.74, 6) is 2.38. The minimum Gasteiger partial charge on any atom is -0.493 e. The number of hydrogen-bond donors (Lipinski definition) is 0. The Hall–Kier alpha value is -2.71. The molecule has 0 spiro atoms. The number of nitrogens with zero attached hydrogens (tertiary/aromatic N) is 4. The molecule has 3 aromatic rings. The van der Waals surface area contributed by atoms with Gasteiger partial charge in [-0.2, -0.15) is 9.78 Å². The molecule has 28 heavy (non-hydrogen) atoms. The van der Waals surface area contributed by atoms with Crippen molar-refractivity contribution in [3.05, 3.63) is 58.9 Å². The van der Waals surface area contributed by atoms with Crippen molar-refractivity contribution < 1.29 is 14.2 Å². The lowest BCUT2D eigenvalue weighted by Crippen LogP contribution is -1.98.